The van der Waals surface area contributed by atoms with Gasteiger partial charge in [0.1, 0.15) is 0 Å². The van der Waals surface area contributed by atoms with E-state index >= 15 is 0 Å². The molecule has 0 aromatic heterocycles. The first-order chi connectivity index (χ1) is 10.8. The molecule has 4 rings (SSSR count). The Morgan fingerprint density at radius 3 is 2.26 bits per heavy atom. The molecule has 2 unspecified atom stereocenters. The Bertz CT molecular complexity index is 656. The lowest BCUT2D eigenvalue weighted by Gasteiger charge is -2.22. The minimum atomic E-state index is -0.142. The van der Waals surface area contributed by atoms with E-state index in [-0.39, 0.29) is 17.9 Å². The smallest absolute Gasteiger partial charge is 0.261 e. The van der Waals surface area contributed by atoms with E-state index in [0.717, 1.165) is 18.9 Å². The molecule has 1 saturated heterocycles. The Morgan fingerprint density at radius 2 is 1.74 bits per heavy atom. The van der Waals surface area contributed by atoms with Crippen LogP contribution in [0.15, 0.2) is 24.3 Å². The molecule has 1 aromatic carbocycles. The molecule has 2 heterocycles. The van der Waals surface area contributed by atoms with Crippen molar-refractivity contribution in [3.63, 3.8) is 0 Å². The second kappa shape index (κ2) is 4.67. The quantitative estimate of drug-likeness (QED) is 0.854. The average Bonchev–Trinajstić information content (AvgIpc) is 3.00. The van der Waals surface area contributed by atoms with Gasteiger partial charge in [-0.15, -0.1) is 0 Å². The Morgan fingerprint density at radius 1 is 1.13 bits per heavy atom. The standard InChI is InChI=1S/C19H24N2O2/c1-18(2,3)15-9-19(15)8-12(20-11-19)10-21-16(22)13-6-4-5-7-14(13)17(21)23/h4-7,12,15,20H,8-11H2,1-3H3/t12?,15-,19?/m0/s1. The van der Waals surface area contributed by atoms with Crippen molar-refractivity contribution >= 4 is 11.8 Å². The van der Waals surface area contributed by atoms with Crippen LogP contribution in [-0.4, -0.2) is 35.8 Å². The van der Waals surface area contributed by atoms with Crippen molar-refractivity contribution in [1.82, 2.24) is 10.2 Å². The summed E-state index contributed by atoms with van der Waals surface area (Å²) in [5, 5.41) is 3.56. The lowest BCUT2D eigenvalue weighted by atomic mass is 9.83. The predicted molar refractivity (Wildman–Crippen MR) is 88.2 cm³/mol. The SMILES string of the molecule is CC(C)(C)[C@@H]1CC12CNC(CN1C(=O)c3ccccc3C1=O)C2. The van der Waals surface area contributed by atoms with Gasteiger partial charge in [0, 0.05) is 19.1 Å². The zero-order chi connectivity index (χ0) is 16.4. The summed E-state index contributed by atoms with van der Waals surface area (Å²) in [4.78, 5) is 26.4. The van der Waals surface area contributed by atoms with Crippen molar-refractivity contribution in [3.05, 3.63) is 35.4 Å². The van der Waals surface area contributed by atoms with E-state index < -0.39 is 0 Å². The van der Waals surface area contributed by atoms with Gasteiger partial charge in [-0.25, -0.2) is 0 Å². The first-order valence-corrected chi connectivity index (χ1v) is 8.50. The van der Waals surface area contributed by atoms with Crippen molar-refractivity contribution in [3.8, 4) is 0 Å². The van der Waals surface area contributed by atoms with Crippen LogP contribution in [0.4, 0.5) is 0 Å². The summed E-state index contributed by atoms with van der Waals surface area (Å²) in [5.74, 6) is 0.461. The topological polar surface area (TPSA) is 49.4 Å². The molecule has 1 N–H and O–H groups in total. The molecule has 1 spiro atoms. The molecule has 0 bridgehead atoms. The van der Waals surface area contributed by atoms with E-state index in [1.54, 1.807) is 12.1 Å². The highest BCUT2D eigenvalue weighted by Gasteiger charge is 2.61. The number of carbonyl (C=O) groups excluding carboxylic acids is 2. The summed E-state index contributed by atoms with van der Waals surface area (Å²) in [6, 6.07) is 7.35. The van der Waals surface area contributed by atoms with Gasteiger partial charge in [-0.05, 0) is 41.7 Å². The zero-order valence-electron chi connectivity index (χ0n) is 14.1. The number of nitrogens with zero attached hydrogens (tertiary/aromatic N) is 1. The summed E-state index contributed by atoms with van der Waals surface area (Å²) in [6.45, 7) is 8.44. The van der Waals surface area contributed by atoms with E-state index in [2.05, 4.69) is 26.1 Å². The lowest BCUT2D eigenvalue weighted by molar-refractivity contribution is 0.0640. The first-order valence-electron chi connectivity index (χ1n) is 8.50. The maximum Gasteiger partial charge on any atom is 0.261 e. The number of carbonyl (C=O) groups is 2. The van der Waals surface area contributed by atoms with Crippen LogP contribution in [0, 0.1) is 16.7 Å². The highest BCUT2D eigenvalue weighted by molar-refractivity contribution is 6.21. The predicted octanol–water partition coefficient (Wildman–Crippen LogP) is 2.70. The number of hydrogen-bond acceptors (Lipinski definition) is 3. The van der Waals surface area contributed by atoms with E-state index in [9.17, 15) is 9.59 Å². The summed E-state index contributed by atoms with van der Waals surface area (Å²) in [5.41, 5.74) is 1.82. The monoisotopic (exact) mass is 312 g/mol. The third kappa shape index (κ3) is 2.23. The molecule has 2 amide bonds. The molecule has 1 saturated carbocycles. The van der Waals surface area contributed by atoms with Gasteiger partial charge in [0.2, 0.25) is 0 Å². The van der Waals surface area contributed by atoms with Gasteiger partial charge >= 0.3 is 0 Å². The third-order valence-electron chi connectivity index (χ3n) is 5.91. The van der Waals surface area contributed by atoms with E-state index in [0.29, 0.717) is 28.5 Å². The average molecular weight is 312 g/mol. The molecule has 3 aliphatic rings. The maximum absolute atomic E-state index is 12.5. The van der Waals surface area contributed by atoms with Crippen LogP contribution in [0.2, 0.25) is 0 Å². The minimum absolute atomic E-state index is 0.142. The van der Waals surface area contributed by atoms with Gasteiger partial charge in [-0.1, -0.05) is 32.9 Å². The number of fused-ring (bicyclic) bond motifs is 1. The van der Waals surface area contributed by atoms with Crippen LogP contribution >= 0.6 is 0 Å². The summed E-state index contributed by atoms with van der Waals surface area (Å²) < 4.78 is 0. The number of benzene rings is 1. The Kier molecular flexibility index (Phi) is 3.02. The molecule has 1 aliphatic carbocycles. The highest BCUT2D eigenvalue weighted by Crippen LogP contribution is 2.64. The molecular formula is C19H24N2O2. The number of hydrogen-bond donors (Lipinski definition) is 1. The fourth-order valence-corrected chi connectivity index (χ4v) is 4.73. The third-order valence-corrected chi connectivity index (χ3v) is 5.91. The second-order valence-electron chi connectivity index (χ2n) is 8.53. The first kappa shape index (κ1) is 14.9. The fraction of sp³-hybridized carbons (Fsp3) is 0.579. The fourth-order valence-electron chi connectivity index (χ4n) is 4.73. The van der Waals surface area contributed by atoms with E-state index in [4.69, 9.17) is 0 Å². The Labute approximate surface area is 137 Å². The van der Waals surface area contributed by atoms with E-state index in [1.807, 2.05) is 12.1 Å². The zero-order valence-corrected chi connectivity index (χ0v) is 14.1. The van der Waals surface area contributed by atoms with Crippen LogP contribution in [0.25, 0.3) is 0 Å². The Hall–Kier alpha value is -1.68. The molecule has 3 atom stereocenters. The van der Waals surface area contributed by atoms with Gasteiger partial charge < -0.3 is 5.32 Å². The highest BCUT2D eigenvalue weighted by atomic mass is 16.2. The van der Waals surface area contributed by atoms with Gasteiger partial charge in [0.15, 0.2) is 0 Å². The van der Waals surface area contributed by atoms with Crippen molar-refractivity contribution < 1.29 is 9.59 Å². The van der Waals surface area contributed by atoms with Crippen molar-refractivity contribution in [2.45, 2.75) is 39.7 Å². The number of nitrogens with one attached hydrogen (secondary N) is 1. The number of rotatable bonds is 2. The molecule has 4 heteroatoms. The molecule has 1 aromatic rings. The van der Waals surface area contributed by atoms with Gasteiger partial charge in [0.25, 0.3) is 11.8 Å². The molecular weight excluding hydrogens is 288 g/mol. The second-order valence-corrected chi connectivity index (χ2v) is 8.53. The molecule has 23 heavy (non-hydrogen) atoms. The van der Waals surface area contributed by atoms with Crippen molar-refractivity contribution in [2.75, 3.05) is 13.1 Å². The molecule has 122 valence electrons. The minimum Gasteiger partial charge on any atom is -0.312 e. The van der Waals surface area contributed by atoms with Crippen LogP contribution in [-0.2, 0) is 0 Å². The molecule has 4 nitrogen and oxygen atoms in total. The number of amides is 2. The van der Waals surface area contributed by atoms with Crippen LogP contribution < -0.4 is 5.32 Å². The van der Waals surface area contributed by atoms with Crippen molar-refractivity contribution in [1.29, 1.82) is 0 Å². The van der Waals surface area contributed by atoms with E-state index in [1.165, 1.54) is 11.3 Å². The summed E-state index contributed by atoms with van der Waals surface area (Å²) in [6.07, 6.45) is 2.34. The van der Waals surface area contributed by atoms with Crippen molar-refractivity contribution in [2.24, 2.45) is 16.7 Å². The largest absolute Gasteiger partial charge is 0.312 e. The van der Waals surface area contributed by atoms with Crippen LogP contribution in [0.3, 0.4) is 0 Å². The van der Waals surface area contributed by atoms with Gasteiger partial charge in [0.05, 0.1) is 11.1 Å². The van der Waals surface area contributed by atoms with Gasteiger partial charge in [-0.2, -0.15) is 0 Å². The van der Waals surface area contributed by atoms with Gasteiger partial charge in [-0.3, -0.25) is 14.5 Å². The normalized spacial score (nSPS) is 32.7. The summed E-state index contributed by atoms with van der Waals surface area (Å²) >= 11 is 0. The Balaban J connectivity index is 1.45. The summed E-state index contributed by atoms with van der Waals surface area (Å²) in [7, 11) is 0. The van der Waals surface area contributed by atoms with Crippen LogP contribution in [0.5, 0.6) is 0 Å². The molecule has 0 radical (unpaired) electrons. The number of imide groups is 1. The maximum atomic E-state index is 12.5. The molecule has 2 fully saturated rings. The molecule has 2 aliphatic heterocycles. The lowest BCUT2D eigenvalue weighted by Crippen LogP contribution is -2.40. The van der Waals surface area contributed by atoms with Crippen LogP contribution in [0.1, 0.15) is 54.3 Å².